The van der Waals surface area contributed by atoms with Crippen molar-refractivity contribution in [3.63, 3.8) is 0 Å². The lowest BCUT2D eigenvalue weighted by atomic mass is 10.1. The van der Waals surface area contributed by atoms with Crippen molar-refractivity contribution in [1.29, 1.82) is 0 Å². The van der Waals surface area contributed by atoms with Crippen LogP contribution in [0, 0.1) is 0 Å². The molecule has 3 nitrogen and oxygen atoms in total. The van der Waals surface area contributed by atoms with Crippen molar-refractivity contribution in [2.75, 3.05) is 0 Å². The first-order valence-electron chi connectivity index (χ1n) is 6.18. The van der Waals surface area contributed by atoms with Crippen LogP contribution in [0.5, 0.6) is 0 Å². The molecular formula is C16H16O3. The number of carboxylic acid groups (broad SMARTS) is 1. The molecule has 0 aliphatic rings. The Kier molecular flexibility index (Phi) is 4.70. The van der Waals surface area contributed by atoms with Crippen molar-refractivity contribution in [1.82, 2.24) is 0 Å². The van der Waals surface area contributed by atoms with Gasteiger partial charge in [-0.05, 0) is 11.1 Å². The van der Waals surface area contributed by atoms with Crippen molar-refractivity contribution in [3.05, 3.63) is 71.8 Å². The molecular weight excluding hydrogens is 240 g/mol. The first-order chi connectivity index (χ1) is 9.25. The normalized spacial score (nSPS) is 12.0. The Balaban J connectivity index is 1.95. The average molecular weight is 256 g/mol. The highest BCUT2D eigenvalue weighted by atomic mass is 16.5. The summed E-state index contributed by atoms with van der Waals surface area (Å²) in [5.74, 6) is -0.931. The minimum Gasteiger partial charge on any atom is -0.479 e. The van der Waals surface area contributed by atoms with E-state index in [0.29, 0.717) is 13.0 Å². The summed E-state index contributed by atoms with van der Waals surface area (Å²) in [6.45, 7) is 0.310. The fourth-order valence-corrected chi connectivity index (χ4v) is 1.82. The van der Waals surface area contributed by atoms with Crippen molar-refractivity contribution < 1.29 is 14.6 Å². The number of hydrogen-bond donors (Lipinski definition) is 1. The van der Waals surface area contributed by atoms with Crippen LogP contribution in [0.15, 0.2) is 60.7 Å². The first-order valence-corrected chi connectivity index (χ1v) is 6.18. The van der Waals surface area contributed by atoms with Crippen molar-refractivity contribution in [2.45, 2.75) is 19.1 Å². The molecule has 1 N–H and O–H groups in total. The van der Waals surface area contributed by atoms with Gasteiger partial charge in [0, 0.05) is 6.42 Å². The number of benzene rings is 2. The second kappa shape index (κ2) is 6.71. The van der Waals surface area contributed by atoms with E-state index in [1.54, 1.807) is 0 Å². The van der Waals surface area contributed by atoms with Crippen LogP contribution in [0.2, 0.25) is 0 Å². The minimum absolute atomic E-state index is 0.310. The van der Waals surface area contributed by atoms with Gasteiger partial charge in [0.1, 0.15) is 0 Å². The smallest absolute Gasteiger partial charge is 0.333 e. The molecule has 1 atom stereocenters. The summed E-state index contributed by atoms with van der Waals surface area (Å²) < 4.78 is 5.49. The number of carboxylic acids is 1. The lowest BCUT2D eigenvalue weighted by Crippen LogP contribution is -2.26. The quantitative estimate of drug-likeness (QED) is 0.864. The van der Waals surface area contributed by atoms with Gasteiger partial charge in [-0.25, -0.2) is 4.79 Å². The van der Waals surface area contributed by atoms with E-state index in [-0.39, 0.29) is 0 Å². The van der Waals surface area contributed by atoms with Gasteiger partial charge in [0.05, 0.1) is 6.61 Å². The Hall–Kier alpha value is -2.13. The highest BCUT2D eigenvalue weighted by Crippen LogP contribution is 2.09. The third kappa shape index (κ3) is 4.23. The van der Waals surface area contributed by atoms with Gasteiger partial charge in [-0.2, -0.15) is 0 Å². The van der Waals surface area contributed by atoms with Gasteiger partial charge in [-0.15, -0.1) is 0 Å². The predicted octanol–water partition coefficient (Wildman–Crippen LogP) is 2.90. The summed E-state index contributed by atoms with van der Waals surface area (Å²) >= 11 is 0. The summed E-state index contributed by atoms with van der Waals surface area (Å²) in [6.07, 6.45) is -0.439. The number of aliphatic carboxylic acids is 1. The summed E-state index contributed by atoms with van der Waals surface area (Å²) in [7, 11) is 0. The van der Waals surface area contributed by atoms with E-state index in [2.05, 4.69) is 0 Å². The second-order valence-corrected chi connectivity index (χ2v) is 4.31. The largest absolute Gasteiger partial charge is 0.479 e. The van der Waals surface area contributed by atoms with Gasteiger partial charge in [0.2, 0.25) is 0 Å². The molecule has 3 heteroatoms. The molecule has 0 aliphatic carbocycles. The van der Waals surface area contributed by atoms with Crippen LogP contribution in [0.25, 0.3) is 0 Å². The minimum atomic E-state index is -0.931. The third-order valence-electron chi connectivity index (χ3n) is 2.83. The fraction of sp³-hybridized carbons (Fsp3) is 0.188. The molecule has 98 valence electrons. The summed E-state index contributed by atoms with van der Waals surface area (Å²) in [5.41, 5.74) is 1.93. The highest BCUT2D eigenvalue weighted by molar-refractivity contribution is 5.72. The van der Waals surface area contributed by atoms with Gasteiger partial charge in [-0.3, -0.25) is 0 Å². The van der Waals surface area contributed by atoms with E-state index in [9.17, 15) is 9.90 Å². The lowest BCUT2D eigenvalue weighted by Gasteiger charge is -2.13. The predicted molar refractivity (Wildman–Crippen MR) is 72.8 cm³/mol. The maximum Gasteiger partial charge on any atom is 0.333 e. The van der Waals surface area contributed by atoms with Crippen molar-refractivity contribution in [3.8, 4) is 0 Å². The third-order valence-corrected chi connectivity index (χ3v) is 2.83. The Morgan fingerprint density at radius 3 is 2.00 bits per heavy atom. The SMILES string of the molecule is O=C(O)C(Cc1ccccc1)OCc1ccccc1. The van der Waals surface area contributed by atoms with E-state index >= 15 is 0 Å². The molecule has 0 spiro atoms. The molecule has 0 fully saturated rings. The summed E-state index contributed by atoms with van der Waals surface area (Å²) in [5, 5.41) is 9.19. The Morgan fingerprint density at radius 1 is 0.947 bits per heavy atom. The van der Waals surface area contributed by atoms with E-state index in [1.165, 1.54) is 0 Å². The summed E-state index contributed by atoms with van der Waals surface area (Å²) in [4.78, 5) is 11.2. The number of ether oxygens (including phenoxy) is 1. The number of carbonyl (C=O) groups is 1. The Bertz CT molecular complexity index is 508. The first kappa shape index (κ1) is 13.3. The van der Waals surface area contributed by atoms with Crippen LogP contribution >= 0.6 is 0 Å². The standard InChI is InChI=1S/C16H16O3/c17-16(18)15(11-13-7-3-1-4-8-13)19-12-14-9-5-2-6-10-14/h1-10,15H,11-12H2,(H,17,18). The zero-order valence-electron chi connectivity index (χ0n) is 10.5. The Labute approximate surface area is 112 Å². The maximum absolute atomic E-state index is 11.2. The van der Waals surface area contributed by atoms with Gasteiger partial charge < -0.3 is 9.84 Å². The van der Waals surface area contributed by atoms with Gasteiger partial charge >= 0.3 is 5.97 Å². The highest BCUT2D eigenvalue weighted by Gasteiger charge is 2.18. The molecule has 0 amide bonds. The van der Waals surface area contributed by atoms with Gasteiger partial charge in [0.25, 0.3) is 0 Å². The number of rotatable bonds is 6. The van der Waals surface area contributed by atoms with E-state index in [1.807, 2.05) is 60.7 Å². The summed E-state index contributed by atoms with van der Waals surface area (Å²) in [6, 6.07) is 19.1. The van der Waals surface area contributed by atoms with Crippen LogP contribution in [0.1, 0.15) is 11.1 Å². The molecule has 2 aromatic carbocycles. The zero-order valence-corrected chi connectivity index (χ0v) is 10.5. The second-order valence-electron chi connectivity index (χ2n) is 4.31. The van der Waals surface area contributed by atoms with Crippen LogP contribution in [0.3, 0.4) is 0 Å². The zero-order chi connectivity index (χ0) is 13.5. The molecule has 2 rings (SSSR count). The molecule has 0 bridgehead atoms. The molecule has 2 aromatic rings. The molecule has 0 aromatic heterocycles. The average Bonchev–Trinajstić information content (AvgIpc) is 2.45. The van der Waals surface area contributed by atoms with Crippen LogP contribution in [0.4, 0.5) is 0 Å². The Morgan fingerprint density at radius 2 is 1.47 bits per heavy atom. The fourth-order valence-electron chi connectivity index (χ4n) is 1.82. The van der Waals surface area contributed by atoms with Crippen LogP contribution in [-0.2, 0) is 22.6 Å². The van der Waals surface area contributed by atoms with Gasteiger partial charge in [-0.1, -0.05) is 60.7 Å². The molecule has 0 saturated carbocycles. The monoisotopic (exact) mass is 256 g/mol. The van der Waals surface area contributed by atoms with Crippen LogP contribution < -0.4 is 0 Å². The topological polar surface area (TPSA) is 46.5 Å². The number of hydrogen-bond acceptors (Lipinski definition) is 2. The van der Waals surface area contributed by atoms with Crippen molar-refractivity contribution >= 4 is 5.97 Å². The van der Waals surface area contributed by atoms with Crippen LogP contribution in [-0.4, -0.2) is 17.2 Å². The lowest BCUT2D eigenvalue weighted by molar-refractivity contribution is -0.151. The molecule has 1 unspecified atom stereocenters. The molecule has 0 heterocycles. The van der Waals surface area contributed by atoms with Crippen molar-refractivity contribution in [2.24, 2.45) is 0 Å². The molecule has 0 radical (unpaired) electrons. The van der Waals surface area contributed by atoms with E-state index < -0.39 is 12.1 Å². The molecule has 19 heavy (non-hydrogen) atoms. The van der Waals surface area contributed by atoms with E-state index in [4.69, 9.17) is 4.74 Å². The maximum atomic E-state index is 11.2. The van der Waals surface area contributed by atoms with E-state index in [0.717, 1.165) is 11.1 Å². The van der Waals surface area contributed by atoms with Gasteiger partial charge in [0.15, 0.2) is 6.10 Å². The molecule has 0 aliphatic heterocycles. The molecule has 0 saturated heterocycles.